The minimum Gasteiger partial charge on any atom is -0.353 e. The molecule has 4 aromatic heterocycles. The van der Waals surface area contributed by atoms with Crippen LogP contribution in [0.25, 0.3) is 27.8 Å². The molecule has 1 aromatic carbocycles. The van der Waals surface area contributed by atoms with Crippen LogP contribution in [0.5, 0.6) is 0 Å². The van der Waals surface area contributed by atoms with Crippen molar-refractivity contribution < 1.29 is 8.42 Å². The van der Waals surface area contributed by atoms with Crippen molar-refractivity contribution in [3.05, 3.63) is 84.6 Å². The lowest BCUT2D eigenvalue weighted by atomic mass is 9.86. The van der Waals surface area contributed by atoms with Crippen molar-refractivity contribution in [3.8, 4) is 28.3 Å². The van der Waals surface area contributed by atoms with Gasteiger partial charge in [-0.2, -0.15) is 15.5 Å². The molecule has 2 atom stereocenters. The topological polar surface area (TPSA) is 112 Å². The molecule has 206 valence electrons. The number of benzene rings is 1. The second-order valence-electron chi connectivity index (χ2n) is 11.0. The standard InChI is InChI=1S/C30H28N8O2S/c1-35-16-24(14-33-35)22-9-28(30-23(11-31)13-34-38(30)17-22)21-5-8-29(32-12-21)36-18-25-10-26(19-36)37(25)15-20-3-6-27(7-4-20)41(2,39)40/h3-9,12-14,16-17,25-26H,10,15,18-19H2,1-2H3. The summed E-state index contributed by atoms with van der Waals surface area (Å²) in [6, 6.07) is 16.6. The van der Waals surface area contributed by atoms with E-state index in [0.29, 0.717) is 22.5 Å². The number of fused-ring (bicyclic) bond motifs is 3. The highest BCUT2D eigenvalue weighted by molar-refractivity contribution is 7.90. The van der Waals surface area contributed by atoms with Gasteiger partial charge in [0.25, 0.3) is 0 Å². The number of nitriles is 1. The third kappa shape index (κ3) is 4.55. The highest BCUT2D eigenvalue weighted by atomic mass is 32.2. The van der Waals surface area contributed by atoms with Crippen LogP contribution in [0.1, 0.15) is 17.5 Å². The van der Waals surface area contributed by atoms with Crippen molar-refractivity contribution in [1.29, 1.82) is 5.26 Å². The summed E-state index contributed by atoms with van der Waals surface area (Å²) in [7, 11) is -1.30. The van der Waals surface area contributed by atoms with Crippen molar-refractivity contribution in [2.45, 2.75) is 29.9 Å². The second-order valence-corrected chi connectivity index (χ2v) is 13.0. The number of sulfone groups is 1. The maximum absolute atomic E-state index is 11.8. The number of aryl methyl sites for hydroxylation is 1. The minimum absolute atomic E-state index is 0.354. The summed E-state index contributed by atoms with van der Waals surface area (Å²) in [6.07, 6.45) is 11.6. The number of piperazine rings is 1. The molecule has 0 saturated carbocycles. The number of pyridine rings is 2. The van der Waals surface area contributed by atoms with E-state index in [0.717, 1.165) is 65.2 Å². The van der Waals surface area contributed by atoms with Gasteiger partial charge in [0.15, 0.2) is 9.84 Å². The Bertz CT molecular complexity index is 1910. The molecule has 2 bridgehead atoms. The zero-order valence-corrected chi connectivity index (χ0v) is 23.5. The third-order valence-electron chi connectivity index (χ3n) is 8.21. The summed E-state index contributed by atoms with van der Waals surface area (Å²) in [5, 5.41) is 18.5. The molecule has 10 nitrogen and oxygen atoms in total. The van der Waals surface area contributed by atoms with Gasteiger partial charge in [-0.3, -0.25) is 9.58 Å². The zero-order chi connectivity index (χ0) is 28.3. The molecule has 2 unspecified atom stereocenters. The van der Waals surface area contributed by atoms with Gasteiger partial charge in [0.1, 0.15) is 11.9 Å². The van der Waals surface area contributed by atoms with Crippen LogP contribution in [0.15, 0.2) is 78.3 Å². The van der Waals surface area contributed by atoms with E-state index in [4.69, 9.17) is 4.98 Å². The summed E-state index contributed by atoms with van der Waals surface area (Å²) in [4.78, 5) is 10.0. The van der Waals surface area contributed by atoms with E-state index in [9.17, 15) is 13.7 Å². The Morgan fingerprint density at radius 1 is 0.951 bits per heavy atom. The van der Waals surface area contributed by atoms with Crippen LogP contribution in [-0.4, -0.2) is 69.1 Å². The van der Waals surface area contributed by atoms with Gasteiger partial charge in [0, 0.05) is 85.9 Å². The maximum atomic E-state index is 11.8. The van der Waals surface area contributed by atoms with Gasteiger partial charge in [-0.25, -0.2) is 17.9 Å². The Balaban J connectivity index is 1.10. The Hall–Kier alpha value is -4.53. The van der Waals surface area contributed by atoms with Crippen LogP contribution in [0.4, 0.5) is 5.82 Å². The molecule has 0 N–H and O–H groups in total. The Labute approximate surface area is 238 Å². The first kappa shape index (κ1) is 25.4. The van der Waals surface area contributed by atoms with Crippen LogP contribution in [0.2, 0.25) is 0 Å². The van der Waals surface area contributed by atoms with E-state index in [1.54, 1.807) is 27.5 Å². The van der Waals surface area contributed by atoms with Crippen LogP contribution in [0.3, 0.4) is 0 Å². The molecule has 8 rings (SSSR count). The van der Waals surface area contributed by atoms with E-state index in [1.165, 1.54) is 6.26 Å². The van der Waals surface area contributed by atoms with Gasteiger partial charge in [0.05, 0.1) is 28.4 Å². The minimum atomic E-state index is -3.19. The molecule has 11 heteroatoms. The molecule has 41 heavy (non-hydrogen) atoms. The summed E-state index contributed by atoms with van der Waals surface area (Å²) in [5.41, 5.74) is 6.14. The first-order valence-electron chi connectivity index (χ1n) is 13.4. The maximum Gasteiger partial charge on any atom is 0.175 e. The average Bonchev–Trinajstić information content (AvgIpc) is 3.61. The lowest BCUT2D eigenvalue weighted by molar-refractivity contribution is -0.00869. The fourth-order valence-corrected chi connectivity index (χ4v) is 6.70. The Morgan fingerprint density at radius 3 is 2.37 bits per heavy atom. The third-order valence-corrected chi connectivity index (χ3v) is 9.34. The van der Waals surface area contributed by atoms with E-state index in [1.807, 2.05) is 44.0 Å². The van der Waals surface area contributed by atoms with Crippen molar-refractivity contribution >= 4 is 21.2 Å². The van der Waals surface area contributed by atoms with Gasteiger partial charge >= 0.3 is 0 Å². The van der Waals surface area contributed by atoms with Gasteiger partial charge in [-0.15, -0.1) is 0 Å². The fraction of sp³-hybridized carbons (Fsp3) is 0.267. The monoisotopic (exact) mass is 564 g/mol. The molecule has 0 aliphatic carbocycles. The molecule has 0 amide bonds. The molecule has 0 spiro atoms. The van der Waals surface area contributed by atoms with E-state index in [-0.39, 0.29) is 0 Å². The Morgan fingerprint density at radius 2 is 1.73 bits per heavy atom. The van der Waals surface area contributed by atoms with Crippen molar-refractivity contribution in [3.63, 3.8) is 0 Å². The van der Waals surface area contributed by atoms with Gasteiger partial charge in [-0.1, -0.05) is 12.1 Å². The van der Waals surface area contributed by atoms with Gasteiger partial charge in [0.2, 0.25) is 0 Å². The number of nitrogens with zero attached hydrogens (tertiary/aromatic N) is 8. The fourth-order valence-electron chi connectivity index (χ4n) is 6.07. The normalized spacial score (nSPS) is 18.8. The quantitative estimate of drug-likeness (QED) is 0.308. The smallest absolute Gasteiger partial charge is 0.175 e. The largest absolute Gasteiger partial charge is 0.353 e. The molecule has 3 saturated heterocycles. The first-order valence-corrected chi connectivity index (χ1v) is 15.3. The zero-order valence-electron chi connectivity index (χ0n) is 22.7. The van der Waals surface area contributed by atoms with E-state index < -0.39 is 9.84 Å². The summed E-state index contributed by atoms with van der Waals surface area (Å²) in [5.74, 6) is 0.939. The van der Waals surface area contributed by atoms with Crippen LogP contribution in [-0.2, 0) is 23.4 Å². The number of hydrogen-bond acceptors (Lipinski definition) is 8. The molecule has 7 heterocycles. The lowest BCUT2D eigenvalue weighted by Crippen LogP contribution is -2.68. The molecular weight excluding hydrogens is 536 g/mol. The van der Waals surface area contributed by atoms with E-state index in [2.05, 4.69) is 44.3 Å². The lowest BCUT2D eigenvalue weighted by Gasteiger charge is -2.56. The molecule has 3 fully saturated rings. The SMILES string of the molecule is Cn1cc(-c2cc(-c3ccc(N4CC5CC(C4)N5Cc4ccc(S(C)(=O)=O)cc4)nc3)c3c(C#N)cnn3c2)cn1. The van der Waals surface area contributed by atoms with Crippen LogP contribution < -0.4 is 4.90 Å². The molecule has 3 aliphatic rings. The predicted octanol–water partition coefficient (Wildman–Crippen LogP) is 3.54. The highest BCUT2D eigenvalue weighted by Crippen LogP contribution is 2.37. The van der Waals surface area contributed by atoms with Crippen molar-refractivity contribution in [2.24, 2.45) is 7.05 Å². The number of hydrogen-bond donors (Lipinski definition) is 0. The highest BCUT2D eigenvalue weighted by Gasteiger charge is 2.44. The molecule has 0 radical (unpaired) electrons. The average molecular weight is 565 g/mol. The first-order chi connectivity index (χ1) is 19.8. The second kappa shape index (κ2) is 9.54. The molecule has 3 aliphatic heterocycles. The predicted molar refractivity (Wildman–Crippen MR) is 155 cm³/mol. The summed E-state index contributed by atoms with van der Waals surface area (Å²) >= 11 is 0. The number of rotatable bonds is 6. The Kier molecular flexibility index (Phi) is 5.92. The van der Waals surface area contributed by atoms with Gasteiger partial charge < -0.3 is 4.90 Å². The summed E-state index contributed by atoms with van der Waals surface area (Å²) in [6.45, 7) is 2.61. The number of anilines is 1. The van der Waals surface area contributed by atoms with Crippen molar-refractivity contribution in [1.82, 2.24) is 29.3 Å². The van der Waals surface area contributed by atoms with Crippen LogP contribution >= 0.6 is 0 Å². The van der Waals surface area contributed by atoms with Crippen LogP contribution in [0, 0.1) is 11.3 Å². The number of aromatic nitrogens is 5. The molecule has 5 aromatic rings. The van der Waals surface area contributed by atoms with E-state index >= 15 is 0 Å². The molecular formula is C30H28N8O2S. The van der Waals surface area contributed by atoms with Crippen molar-refractivity contribution in [2.75, 3.05) is 24.2 Å². The summed E-state index contributed by atoms with van der Waals surface area (Å²) < 4.78 is 27.1. The number of piperidine rings is 1. The van der Waals surface area contributed by atoms with Gasteiger partial charge in [-0.05, 0) is 42.3 Å².